The Morgan fingerprint density at radius 1 is 1.00 bits per heavy atom. The van der Waals surface area contributed by atoms with Crippen LogP contribution in [0.5, 0.6) is 0 Å². The van der Waals surface area contributed by atoms with Crippen LogP contribution in [0.1, 0.15) is 36.7 Å². The molecule has 0 saturated carbocycles. The zero-order chi connectivity index (χ0) is 17.9. The first-order chi connectivity index (χ1) is 11.3. The van der Waals surface area contributed by atoms with E-state index in [4.69, 9.17) is 0 Å². The number of likely N-dealkylation sites (N-methyl/N-ethyl adjacent to an activating group) is 1. The van der Waals surface area contributed by atoms with Gasteiger partial charge in [-0.1, -0.05) is 19.9 Å². The molecule has 0 N–H and O–H groups in total. The molecule has 0 spiro atoms. The molecule has 2 rings (SSSR count). The molecule has 0 unspecified atom stereocenters. The predicted molar refractivity (Wildman–Crippen MR) is 105 cm³/mol. The maximum Gasteiger partial charge on any atom is 0.230 e. The summed E-state index contributed by atoms with van der Waals surface area (Å²) < 4.78 is 1.08. The highest BCUT2D eigenvalue weighted by Crippen LogP contribution is 2.33. The quantitative estimate of drug-likeness (QED) is 0.716. The molecule has 4 nitrogen and oxygen atoms in total. The summed E-state index contributed by atoms with van der Waals surface area (Å²) in [5, 5.41) is 0. The van der Waals surface area contributed by atoms with Crippen molar-refractivity contribution >= 4 is 27.6 Å². The van der Waals surface area contributed by atoms with Gasteiger partial charge in [0.1, 0.15) is 0 Å². The molecule has 0 aliphatic carbocycles. The molecule has 0 fully saturated rings. The molecule has 0 amide bonds. The molecule has 1 aromatic heterocycles. The number of aromatic nitrogens is 2. The molecule has 0 aliphatic rings. The van der Waals surface area contributed by atoms with Gasteiger partial charge in [-0.15, -0.1) is 0 Å². The van der Waals surface area contributed by atoms with Crippen LogP contribution < -0.4 is 4.90 Å². The van der Waals surface area contributed by atoms with Gasteiger partial charge < -0.3 is 9.80 Å². The van der Waals surface area contributed by atoms with Crippen LogP contribution in [0, 0.1) is 13.8 Å². The molecule has 0 bridgehead atoms. The number of rotatable bonds is 6. The topological polar surface area (TPSA) is 32.3 Å². The summed E-state index contributed by atoms with van der Waals surface area (Å²) in [5.41, 5.74) is 4.40. The van der Waals surface area contributed by atoms with E-state index in [2.05, 4.69) is 81.8 Å². The Labute approximate surface area is 154 Å². The maximum absolute atomic E-state index is 4.66. The van der Waals surface area contributed by atoms with E-state index in [0.717, 1.165) is 40.6 Å². The fraction of sp³-hybridized carbons (Fsp3) is 0.474. The summed E-state index contributed by atoms with van der Waals surface area (Å²) in [6, 6.07) is 8.56. The minimum absolute atomic E-state index is 0.503. The Bertz CT molecular complexity index is 678. The van der Waals surface area contributed by atoms with Gasteiger partial charge in [0.15, 0.2) is 0 Å². The van der Waals surface area contributed by atoms with Gasteiger partial charge in [0, 0.05) is 29.0 Å². The van der Waals surface area contributed by atoms with E-state index in [1.54, 1.807) is 0 Å². The number of aryl methyl sites for hydroxylation is 2. The van der Waals surface area contributed by atoms with Crippen LogP contribution in [-0.4, -0.2) is 42.1 Å². The van der Waals surface area contributed by atoms with Crippen molar-refractivity contribution in [3.63, 3.8) is 0 Å². The van der Waals surface area contributed by atoms with Crippen molar-refractivity contribution in [1.29, 1.82) is 0 Å². The number of benzene rings is 1. The molecule has 2 aromatic rings. The smallest absolute Gasteiger partial charge is 0.230 e. The van der Waals surface area contributed by atoms with Crippen LogP contribution in [0.25, 0.3) is 0 Å². The molecule has 1 aromatic carbocycles. The fourth-order valence-electron chi connectivity index (χ4n) is 2.56. The van der Waals surface area contributed by atoms with Gasteiger partial charge >= 0.3 is 0 Å². The van der Waals surface area contributed by atoms with Crippen LogP contribution in [-0.2, 0) is 0 Å². The first kappa shape index (κ1) is 18.9. The summed E-state index contributed by atoms with van der Waals surface area (Å²) in [6.07, 6.45) is 0. The van der Waals surface area contributed by atoms with Gasteiger partial charge in [-0.2, -0.15) is 0 Å². The Kier molecular flexibility index (Phi) is 6.35. The lowest BCUT2D eigenvalue weighted by atomic mass is 10.0. The Balaban J connectivity index is 2.46. The number of hydrogen-bond donors (Lipinski definition) is 0. The standard InChI is InChI=1S/C19H27BrN4/c1-13(2)16-7-8-18(17(20)12-16)24(10-9-23(5)6)19-21-14(3)11-15(4)22-19/h7-8,11-13H,9-10H2,1-6H3. The van der Waals surface area contributed by atoms with E-state index in [1.807, 2.05) is 19.9 Å². The van der Waals surface area contributed by atoms with E-state index in [0.29, 0.717) is 5.92 Å². The van der Waals surface area contributed by atoms with Crippen LogP contribution in [0.4, 0.5) is 11.6 Å². The summed E-state index contributed by atoms with van der Waals surface area (Å²) in [7, 11) is 4.16. The molecule has 130 valence electrons. The lowest BCUT2D eigenvalue weighted by Crippen LogP contribution is -2.30. The second-order valence-corrected chi connectivity index (χ2v) is 7.63. The predicted octanol–water partition coefficient (Wildman–Crippen LogP) is 4.68. The van der Waals surface area contributed by atoms with Crippen LogP contribution in [0.2, 0.25) is 0 Å². The van der Waals surface area contributed by atoms with Crippen molar-refractivity contribution in [2.75, 3.05) is 32.1 Å². The SMILES string of the molecule is Cc1cc(C)nc(N(CCN(C)C)c2ccc(C(C)C)cc2Br)n1. The lowest BCUT2D eigenvalue weighted by molar-refractivity contribution is 0.418. The second kappa shape index (κ2) is 8.08. The minimum Gasteiger partial charge on any atom is -0.308 e. The molecule has 0 atom stereocenters. The van der Waals surface area contributed by atoms with Crippen LogP contribution >= 0.6 is 15.9 Å². The summed E-state index contributed by atoms with van der Waals surface area (Å²) >= 11 is 3.75. The average molecular weight is 391 g/mol. The zero-order valence-electron chi connectivity index (χ0n) is 15.5. The second-order valence-electron chi connectivity index (χ2n) is 6.77. The molecule has 0 radical (unpaired) electrons. The molecule has 0 saturated heterocycles. The largest absolute Gasteiger partial charge is 0.308 e. The summed E-state index contributed by atoms with van der Waals surface area (Å²) in [5.74, 6) is 1.26. The van der Waals surface area contributed by atoms with Crippen molar-refractivity contribution in [1.82, 2.24) is 14.9 Å². The Morgan fingerprint density at radius 3 is 2.12 bits per heavy atom. The van der Waals surface area contributed by atoms with E-state index < -0.39 is 0 Å². The van der Waals surface area contributed by atoms with E-state index >= 15 is 0 Å². The molecule has 24 heavy (non-hydrogen) atoms. The third-order valence-corrected chi connectivity index (χ3v) is 4.55. The number of hydrogen-bond acceptors (Lipinski definition) is 4. The van der Waals surface area contributed by atoms with Gasteiger partial charge in [-0.25, -0.2) is 9.97 Å². The first-order valence-corrected chi connectivity index (χ1v) is 9.11. The Hall–Kier alpha value is -1.46. The third kappa shape index (κ3) is 4.77. The third-order valence-electron chi connectivity index (χ3n) is 3.91. The maximum atomic E-state index is 4.66. The normalized spacial score (nSPS) is 11.4. The van der Waals surface area contributed by atoms with E-state index in [1.165, 1.54) is 5.56 Å². The monoisotopic (exact) mass is 390 g/mol. The number of halogens is 1. The van der Waals surface area contributed by atoms with Gasteiger partial charge in [-0.05, 0) is 73.6 Å². The first-order valence-electron chi connectivity index (χ1n) is 8.32. The minimum atomic E-state index is 0.503. The van der Waals surface area contributed by atoms with Gasteiger partial charge in [0.25, 0.3) is 0 Å². The number of nitrogens with zero attached hydrogens (tertiary/aromatic N) is 4. The van der Waals surface area contributed by atoms with E-state index in [9.17, 15) is 0 Å². The van der Waals surface area contributed by atoms with Crippen LogP contribution in [0.3, 0.4) is 0 Å². The van der Waals surface area contributed by atoms with Crippen molar-refractivity contribution in [2.45, 2.75) is 33.6 Å². The van der Waals surface area contributed by atoms with Crippen molar-refractivity contribution in [2.24, 2.45) is 0 Å². The average Bonchev–Trinajstić information content (AvgIpc) is 2.47. The van der Waals surface area contributed by atoms with Gasteiger partial charge in [-0.3, -0.25) is 0 Å². The number of anilines is 2. The summed E-state index contributed by atoms with van der Waals surface area (Å²) in [6.45, 7) is 10.2. The molecule has 1 heterocycles. The highest BCUT2D eigenvalue weighted by molar-refractivity contribution is 9.10. The van der Waals surface area contributed by atoms with Crippen molar-refractivity contribution < 1.29 is 0 Å². The lowest BCUT2D eigenvalue weighted by Gasteiger charge is -2.26. The van der Waals surface area contributed by atoms with Gasteiger partial charge in [0.2, 0.25) is 5.95 Å². The van der Waals surface area contributed by atoms with Crippen molar-refractivity contribution in [3.8, 4) is 0 Å². The Morgan fingerprint density at radius 2 is 1.62 bits per heavy atom. The van der Waals surface area contributed by atoms with Crippen molar-refractivity contribution in [3.05, 3.63) is 45.7 Å². The molecular weight excluding hydrogens is 364 g/mol. The molecular formula is C19H27BrN4. The van der Waals surface area contributed by atoms with E-state index in [-0.39, 0.29) is 0 Å². The summed E-state index contributed by atoms with van der Waals surface area (Å²) in [4.78, 5) is 13.7. The highest BCUT2D eigenvalue weighted by Gasteiger charge is 2.17. The molecule has 0 aliphatic heterocycles. The zero-order valence-corrected chi connectivity index (χ0v) is 17.1. The highest BCUT2D eigenvalue weighted by atomic mass is 79.9. The molecule has 5 heteroatoms. The van der Waals surface area contributed by atoms with Crippen LogP contribution in [0.15, 0.2) is 28.7 Å². The fourth-order valence-corrected chi connectivity index (χ4v) is 3.17. The van der Waals surface area contributed by atoms with Gasteiger partial charge in [0.05, 0.1) is 5.69 Å².